The normalized spacial score (nSPS) is 15.8. The first-order chi connectivity index (χ1) is 9.78. The summed E-state index contributed by atoms with van der Waals surface area (Å²) in [4.78, 5) is 8.55. The highest BCUT2D eigenvalue weighted by molar-refractivity contribution is 5.77. The molecule has 0 unspecified atom stereocenters. The van der Waals surface area contributed by atoms with E-state index in [1.165, 1.54) is 6.42 Å². The number of nitrogens with one attached hydrogen (secondary N) is 1. The molecule has 5 heteroatoms. The number of guanidine groups is 1. The number of aliphatic imine (C=N–C) groups is 1. The van der Waals surface area contributed by atoms with Gasteiger partial charge in [0.05, 0.1) is 6.54 Å². The lowest BCUT2D eigenvalue weighted by atomic mass is 9.96. The van der Waals surface area contributed by atoms with E-state index in [9.17, 15) is 0 Å². The van der Waals surface area contributed by atoms with Crippen LogP contribution >= 0.6 is 0 Å². The van der Waals surface area contributed by atoms with Gasteiger partial charge in [-0.05, 0) is 37.3 Å². The Bertz CT molecular complexity index is 443. The summed E-state index contributed by atoms with van der Waals surface area (Å²) < 4.78 is 5.77. The van der Waals surface area contributed by atoms with Crippen molar-refractivity contribution in [2.45, 2.75) is 51.7 Å². The second kappa shape index (κ2) is 7.72. The largest absolute Gasteiger partial charge is 0.474 e. The molecule has 3 N–H and O–H groups in total. The first-order valence-electron chi connectivity index (χ1n) is 7.43. The molecule has 0 atom stereocenters. The first kappa shape index (κ1) is 14.6. The standard InChI is InChI=1S/C15H24N4O/c1-2-3-8-18-15(16)19-11-12-7-9-17-14(10-12)20-13-5-4-6-13/h7,9-10,13H,2-6,8,11H2,1H3,(H3,16,18,19). The molecular formula is C15H24N4O. The maximum absolute atomic E-state index is 5.80. The van der Waals surface area contributed by atoms with Crippen molar-refractivity contribution >= 4 is 5.96 Å². The lowest BCUT2D eigenvalue weighted by Gasteiger charge is -2.25. The number of hydrogen-bond donors (Lipinski definition) is 2. The third kappa shape index (κ3) is 4.72. The van der Waals surface area contributed by atoms with Crippen LogP contribution in [0.1, 0.15) is 44.6 Å². The van der Waals surface area contributed by atoms with E-state index in [1.54, 1.807) is 6.20 Å². The molecule has 2 rings (SSSR count). The van der Waals surface area contributed by atoms with Gasteiger partial charge < -0.3 is 15.8 Å². The van der Waals surface area contributed by atoms with Crippen molar-refractivity contribution in [3.63, 3.8) is 0 Å². The van der Waals surface area contributed by atoms with Gasteiger partial charge in [0.2, 0.25) is 5.88 Å². The molecule has 1 heterocycles. The van der Waals surface area contributed by atoms with E-state index in [0.717, 1.165) is 37.8 Å². The fraction of sp³-hybridized carbons (Fsp3) is 0.600. The molecule has 0 aliphatic heterocycles. The molecule has 1 aromatic rings. The number of nitrogens with zero attached hydrogens (tertiary/aromatic N) is 2. The molecular weight excluding hydrogens is 252 g/mol. The molecule has 0 radical (unpaired) electrons. The number of aromatic nitrogens is 1. The molecule has 0 saturated heterocycles. The Hall–Kier alpha value is -1.78. The van der Waals surface area contributed by atoms with Crippen molar-refractivity contribution in [2.24, 2.45) is 10.7 Å². The van der Waals surface area contributed by atoms with Gasteiger partial charge in [-0.1, -0.05) is 13.3 Å². The van der Waals surface area contributed by atoms with Gasteiger partial charge in [0.15, 0.2) is 5.96 Å². The zero-order valence-corrected chi connectivity index (χ0v) is 12.1. The predicted molar refractivity (Wildman–Crippen MR) is 80.7 cm³/mol. The summed E-state index contributed by atoms with van der Waals surface area (Å²) in [6.45, 7) is 3.57. The van der Waals surface area contributed by atoms with Crippen molar-refractivity contribution in [1.82, 2.24) is 10.3 Å². The molecule has 5 nitrogen and oxygen atoms in total. The number of hydrogen-bond acceptors (Lipinski definition) is 3. The minimum atomic E-state index is 0.349. The van der Waals surface area contributed by atoms with Gasteiger partial charge in [0.1, 0.15) is 6.10 Å². The molecule has 0 amide bonds. The Morgan fingerprint density at radius 2 is 2.40 bits per heavy atom. The molecule has 0 spiro atoms. The molecule has 1 saturated carbocycles. The van der Waals surface area contributed by atoms with Crippen LogP contribution in [-0.4, -0.2) is 23.6 Å². The second-order valence-electron chi connectivity index (χ2n) is 5.15. The van der Waals surface area contributed by atoms with E-state index in [-0.39, 0.29) is 0 Å². The van der Waals surface area contributed by atoms with E-state index in [2.05, 4.69) is 22.2 Å². The zero-order chi connectivity index (χ0) is 14.2. The number of pyridine rings is 1. The highest BCUT2D eigenvalue weighted by atomic mass is 16.5. The number of nitrogens with two attached hydrogens (primary N) is 1. The molecule has 110 valence electrons. The van der Waals surface area contributed by atoms with E-state index in [1.807, 2.05) is 12.1 Å². The van der Waals surface area contributed by atoms with Crippen molar-refractivity contribution in [3.8, 4) is 5.88 Å². The highest BCUT2D eigenvalue weighted by Gasteiger charge is 2.19. The minimum absolute atomic E-state index is 0.349. The van der Waals surface area contributed by atoms with Crippen LogP contribution < -0.4 is 15.8 Å². The maximum atomic E-state index is 5.80. The van der Waals surface area contributed by atoms with Crippen LogP contribution in [-0.2, 0) is 6.54 Å². The number of rotatable bonds is 7. The van der Waals surface area contributed by atoms with Crippen molar-refractivity contribution in [3.05, 3.63) is 23.9 Å². The van der Waals surface area contributed by atoms with Crippen molar-refractivity contribution < 1.29 is 4.74 Å². The van der Waals surface area contributed by atoms with Gasteiger partial charge >= 0.3 is 0 Å². The summed E-state index contributed by atoms with van der Waals surface area (Å²) in [6.07, 6.45) is 7.89. The number of unbranched alkanes of at least 4 members (excludes halogenated alkanes) is 1. The van der Waals surface area contributed by atoms with Crippen LogP contribution in [0.3, 0.4) is 0 Å². The Morgan fingerprint density at radius 1 is 1.55 bits per heavy atom. The highest BCUT2D eigenvalue weighted by Crippen LogP contribution is 2.24. The lowest BCUT2D eigenvalue weighted by Crippen LogP contribution is -2.32. The summed E-state index contributed by atoms with van der Waals surface area (Å²) in [5.74, 6) is 1.19. The van der Waals surface area contributed by atoms with E-state index in [4.69, 9.17) is 10.5 Å². The van der Waals surface area contributed by atoms with Crippen LogP contribution in [0, 0.1) is 0 Å². The lowest BCUT2D eigenvalue weighted by molar-refractivity contribution is 0.114. The van der Waals surface area contributed by atoms with Crippen LogP contribution in [0.15, 0.2) is 23.3 Å². The van der Waals surface area contributed by atoms with Crippen LogP contribution in [0.2, 0.25) is 0 Å². The van der Waals surface area contributed by atoms with Gasteiger partial charge in [-0.3, -0.25) is 0 Å². The topological polar surface area (TPSA) is 72.5 Å². The van der Waals surface area contributed by atoms with Crippen LogP contribution in [0.4, 0.5) is 0 Å². The third-order valence-corrected chi connectivity index (χ3v) is 3.41. The van der Waals surface area contributed by atoms with Crippen LogP contribution in [0.5, 0.6) is 5.88 Å². The maximum Gasteiger partial charge on any atom is 0.213 e. The van der Waals surface area contributed by atoms with Gasteiger partial charge in [0.25, 0.3) is 0 Å². The second-order valence-corrected chi connectivity index (χ2v) is 5.15. The summed E-state index contributed by atoms with van der Waals surface area (Å²) >= 11 is 0. The van der Waals surface area contributed by atoms with Gasteiger partial charge in [-0.15, -0.1) is 0 Å². The van der Waals surface area contributed by atoms with Gasteiger partial charge in [-0.2, -0.15) is 0 Å². The van der Waals surface area contributed by atoms with E-state index < -0.39 is 0 Å². The van der Waals surface area contributed by atoms with Crippen molar-refractivity contribution in [1.29, 1.82) is 0 Å². The first-order valence-corrected chi connectivity index (χ1v) is 7.43. The third-order valence-electron chi connectivity index (χ3n) is 3.41. The van der Waals surface area contributed by atoms with Gasteiger partial charge in [0, 0.05) is 18.8 Å². The monoisotopic (exact) mass is 276 g/mol. The molecule has 1 aliphatic carbocycles. The molecule has 1 aromatic heterocycles. The Morgan fingerprint density at radius 3 is 3.10 bits per heavy atom. The fourth-order valence-electron chi connectivity index (χ4n) is 1.90. The summed E-state index contributed by atoms with van der Waals surface area (Å²) in [6, 6.07) is 3.89. The van der Waals surface area contributed by atoms with E-state index >= 15 is 0 Å². The fourth-order valence-corrected chi connectivity index (χ4v) is 1.90. The average molecular weight is 276 g/mol. The Balaban J connectivity index is 1.82. The molecule has 0 bridgehead atoms. The van der Waals surface area contributed by atoms with Gasteiger partial charge in [-0.25, -0.2) is 9.98 Å². The molecule has 20 heavy (non-hydrogen) atoms. The quantitative estimate of drug-likeness (QED) is 0.455. The molecule has 1 aliphatic rings. The SMILES string of the molecule is CCCCNC(N)=NCc1ccnc(OC2CCC2)c1. The Labute approximate surface area is 120 Å². The van der Waals surface area contributed by atoms with Crippen molar-refractivity contribution in [2.75, 3.05) is 6.54 Å². The number of ether oxygens (including phenoxy) is 1. The summed E-state index contributed by atoms with van der Waals surface area (Å²) in [5.41, 5.74) is 6.87. The average Bonchev–Trinajstić information content (AvgIpc) is 2.42. The molecule has 1 fully saturated rings. The van der Waals surface area contributed by atoms with Crippen LogP contribution in [0.25, 0.3) is 0 Å². The Kier molecular flexibility index (Phi) is 5.65. The zero-order valence-electron chi connectivity index (χ0n) is 12.1. The minimum Gasteiger partial charge on any atom is -0.474 e. The summed E-state index contributed by atoms with van der Waals surface area (Å²) in [5, 5.41) is 3.10. The predicted octanol–water partition coefficient (Wildman–Crippen LogP) is 2.22. The summed E-state index contributed by atoms with van der Waals surface area (Å²) in [7, 11) is 0. The van der Waals surface area contributed by atoms with E-state index in [0.29, 0.717) is 24.5 Å². The molecule has 0 aromatic carbocycles. The smallest absolute Gasteiger partial charge is 0.213 e.